The number of carbonyl (C=O) groups excluding carboxylic acids is 2. The Hall–Kier alpha value is -6.07. The summed E-state index contributed by atoms with van der Waals surface area (Å²) in [5, 5.41) is 48.9. The zero-order chi connectivity index (χ0) is 35.4. The van der Waals surface area contributed by atoms with Gasteiger partial charge in [-0.2, -0.15) is 5.10 Å². The van der Waals surface area contributed by atoms with Gasteiger partial charge in [0.15, 0.2) is 0 Å². The number of benzene rings is 4. The Morgan fingerprint density at radius 1 is 1.04 bits per heavy atom. The first-order valence-corrected chi connectivity index (χ1v) is 16.3. The Balaban J connectivity index is 1.33. The van der Waals surface area contributed by atoms with Crippen LogP contribution in [0.5, 0.6) is 17.2 Å². The van der Waals surface area contributed by atoms with Gasteiger partial charge in [-0.15, -0.1) is 10.6 Å². The number of amidine groups is 1. The van der Waals surface area contributed by atoms with E-state index in [1.807, 2.05) is 6.92 Å². The molecule has 2 aliphatic rings. The van der Waals surface area contributed by atoms with Gasteiger partial charge >= 0.3 is 5.97 Å². The van der Waals surface area contributed by atoms with Crippen molar-refractivity contribution in [1.82, 2.24) is 16.4 Å². The number of methoxy groups -OCH3 is 1. The number of hydrazone groups is 2. The first-order valence-electron chi connectivity index (χ1n) is 15.3. The lowest BCUT2D eigenvalue weighted by Crippen LogP contribution is -2.42. The first kappa shape index (κ1) is 33.8. The minimum absolute atomic E-state index is 0.00833. The predicted molar refractivity (Wildman–Crippen MR) is 188 cm³/mol. The Kier molecular flexibility index (Phi) is 9.87. The van der Waals surface area contributed by atoms with Crippen molar-refractivity contribution in [2.24, 2.45) is 16.1 Å². The summed E-state index contributed by atoms with van der Waals surface area (Å²) in [4.78, 5) is 35.7. The SMILES string of the molecule is COC(=O)CCNC(=O)c1cc(OC2C(CSC3=NNNN3c3ccc(O)cc3)C(C)=NN2c2ccc([N+](=O)[O-])cc2)c2ccccc2c1O. The molecule has 2 aliphatic heterocycles. The lowest BCUT2D eigenvalue weighted by Gasteiger charge is -2.29. The number of nitro groups is 1. The number of nitrogens with zero attached hydrogens (tertiary/aromatic N) is 5. The number of nitrogens with one attached hydrogen (secondary N) is 3. The van der Waals surface area contributed by atoms with E-state index in [9.17, 15) is 29.9 Å². The predicted octanol–water partition coefficient (Wildman–Crippen LogP) is 4.20. The average Bonchev–Trinajstić information content (AvgIpc) is 3.72. The third-order valence-corrected chi connectivity index (χ3v) is 9.09. The van der Waals surface area contributed by atoms with E-state index in [0.29, 0.717) is 33.1 Å². The molecular weight excluding hydrogens is 668 g/mol. The third-order valence-electron chi connectivity index (χ3n) is 8.03. The molecule has 0 radical (unpaired) electrons. The lowest BCUT2D eigenvalue weighted by molar-refractivity contribution is -0.384. The molecule has 0 fully saturated rings. The van der Waals surface area contributed by atoms with Crippen molar-refractivity contribution in [1.29, 1.82) is 0 Å². The number of fused-ring (bicyclic) bond motifs is 1. The molecule has 0 spiro atoms. The number of rotatable bonds is 11. The van der Waals surface area contributed by atoms with E-state index in [0.717, 1.165) is 5.69 Å². The first-order chi connectivity index (χ1) is 24.1. The summed E-state index contributed by atoms with van der Waals surface area (Å²) in [6.45, 7) is 1.85. The molecular formula is C33H32N8O8S. The number of nitro benzene ring substituents is 1. The van der Waals surface area contributed by atoms with Gasteiger partial charge in [0.2, 0.25) is 11.4 Å². The minimum atomic E-state index is -0.808. The zero-order valence-electron chi connectivity index (χ0n) is 26.8. The molecule has 4 aromatic rings. The molecule has 6 rings (SSSR count). The maximum absolute atomic E-state index is 13.3. The van der Waals surface area contributed by atoms with Crippen LogP contribution in [-0.4, -0.2) is 63.5 Å². The maximum Gasteiger partial charge on any atom is 0.307 e. The van der Waals surface area contributed by atoms with Crippen LogP contribution in [0.2, 0.25) is 0 Å². The molecule has 50 heavy (non-hydrogen) atoms. The van der Waals surface area contributed by atoms with Crippen molar-refractivity contribution < 1.29 is 34.2 Å². The smallest absolute Gasteiger partial charge is 0.307 e. The molecule has 5 N–H and O–H groups in total. The minimum Gasteiger partial charge on any atom is -0.508 e. The fourth-order valence-electron chi connectivity index (χ4n) is 5.41. The van der Waals surface area contributed by atoms with Crippen LogP contribution in [-0.2, 0) is 9.53 Å². The molecule has 16 nitrogen and oxygen atoms in total. The van der Waals surface area contributed by atoms with Gasteiger partial charge in [0.1, 0.15) is 17.2 Å². The molecule has 17 heteroatoms. The number of thioether (sulfide) groups is 1. The highest BCUT2D eigenvalue weighted by Crippen LogP contribution is 2.40. The van der Waals surface area contributed by atoms with Crippen LogP contribution >= 0.6 is 11.8 Å². The van der Waals surface area contributed by atoms with E-state index in [1.54, 1.807) is 70.7 Å². The number of hydrogen-bond acceptors (Lipinski definition) is 15. The van der Waals surface area contributed by atoms with E-state index in [4.69, 9.17) is 9.84 Å². The third kappa shape index (κ3) is 7.03. The normalized spacial score (nSPS) is 16.8. The second-order valence-corrected chi connectivity index (χ2v) is 12.1. The summed E-state index contributed by atoms with van der Waals surface area (Å²) in [6, 6.07) is 20.9. The molecule has 2 heterocycles. The number of carbonyl (C=O) groups is 2. The highest BCUT2D eigenvalue weighted by atomic mass is 32.2. The van der Waals surface area contributed by atoms with Gasteiger partial charge in [-0.05, 0) is 49.4 Å². The molecule has 1 amide bonds. The molecule has 2 unspecified atom stereocenters. The van der Waals surface area contributed by atoms with E-state index in [1.165, 1.54) is 37.1 Å². The Labute approximate surface area is 289 Å². The van der Waals surface area contributed by atoms with Crippen LogP contribution in [0.3, 0.4) is 0 Å². The molecule has 0 aliphatic carbocycles. The number of hydrogen-bond donors (Lipinski definition) is 5. The van der Waals surface area contributed by atoms with Crippen molar-refractivity contribution in [3.8, 4) is 17.2 Å². The molecule has 0 saturated carbocycles. The second kappa shape index (κ2) is 14.6. The molecule has 0 aromatic heterocycles. The number of anilines is 2. The number of phenolic OH excluding ortho intramolecular Hbond substituents is 2. The number of non-ortho nitro benzene ring substituents is 1. The van der Waals surface area contributed by atoms with Gasteiger partial charge in [-0.3, -0.25) is 19.7 Å². The van der Waals surface area contributed by atoms with Crippen molar-refractivity contribution in [2.75, 3.05) is 29.4 Å². The van der Waals surface area contributed by atoms with Crippen LogP contribution in [0.15, 0.2) is 89.1 Å². The van der Waals surface area contributed by atoms with Crippen molar-refractivity contribution in [3.05, 3.63) is 94.5 Å². The average molecular weight is 701 g/mol. The van der Waals surface area contributed by atoms with E-state index in [2.05, 4.69) is 26.2 Å². The fourth-order valence-corrected chi connectivity index (χ4v) is 6.53. The van der Waals surface area contributed by atoms with Gasteiger partial charge < -0.3 is 25.0 Å². The molecule has 0 bridgehead atoms. The van der Waals surface area contributed by atoms with Crippen molar-refractivity contribution in [2.45, 2.75) is 19.6 Å². The Bertz CT molecular complexity index is 1990. The standard InChI is InChI=1S/C33H32N8O8S/c1-19-27(18-50-33-35-37-38-40(33)21-11-13-23(42)14-12-21)32(39(36-19)20-7-9-22(10-8-20)41(46)47)49-28-17-26(31(45)34-16-15-29(43)48-2)30(44)25-6-4-3-5-24(25)28/h3-14,17,27,32,37-38,42,44H,15-16,18H2,1-2H3,(H,34,45). The number of esters is 1. The maximum atomic E-state index is 13.3. The molecule has 4 aromatic carbocycles. The summed E-state index contributed by atoms with van der Waals surface area (Å²) in [6.07, 6.45) is -0.861. The number of ether oxygens (including phenoxy) is 2. The zero-order valence-corrected chi connectivity index (χ0v) is 27.6. The van der Waals surface area contributed by atoms with Gasteiger partial charge in [-0.25, -0.2) is 15.6 Å². The van der Waals surface area contributed by atoms with Crippen LogP contribution in [0.4, 0.5) is 17.1 Å². The largest absolute Gasteiger partial charge is 0.508 e. The number of aromatic hydroxyl groups is 2. The second-order valence-electron chi connectivity index (χ2n) is 11.2. The monoisotopic (exact) mass is 700 g/mol. The highest BCUT2D eigenvalue weighted by molar-refractivity contribution is 8.14. The Morgan fingerprint density at radius 3 is 2.44 bits per heavy atom. The molecule has 2 atom stereocenters. The number of amides is 1. The summed E-state index contributed by atoms with van der Waals surface area (Å²) < 4.78 is 11.4. The van der Waals surface area contributed by atoms with Gasteiger partial charge in [-0.1, -0.05) is 36.0 Å². The van der Waals surface area contributed by atoms with Crippen molar-refractivity contribution >= 4 is 62.4 Å². The van der Waals surface area contributed by atoms with Crippen molar-refractivity contribution in [3.63, 3.8) is 0 Å². The van der Waals surface area contributed by atoms with Crippen LogP contribution in [0.25, 0.3) is 10.8 Å². The van der Waals surface area contributed by atoms with Crippen LogP contribution in [0.1, 0.15) is 23.7 Å². The number of phenols is 2. The summed E-state index contributed by atoms with van der Waals surface area (Å²) in [7, 11) is 1.25. The van der Waals surface area contributed by atoms with Crippen LogP contribution < -0.4 is 31.1 Å². The van der Waals surface area contributed by atoms with Crippen LogP contribution in [0, 0.1) is 16.0 Å². The van der Waals surface area contributed by atoms with Gasteiger partial charge in [0, 0.05) is 40.9 Å². The topological polar surface area (TPSA) is 203 Å². The summed E-state index contributed by atoms with van der Waals surface area (Å²) in [5.41, 5.74) is 7.53. The summed E-state index contributed by atoms with van der Waals surface area (Å²) in [5.74, 6) is -0.920. The van der Waals surface area contributed by atoms with Gasteiger partial charge in [0.05, 0.1) is 41.3 Å². The van der Waals surface area contributed by atoms with E-state index in [-0.39, 0.29) is 47.4 Å². The summed E-state index contributed by atoms with van der Waals surface area (Å²) >= 11 is 1.41. The Morgan fingerprint density at radius 2 is 1.74 bits per heavy atom. The quantitative estimate of drug-likeness (QED) is 0.0847. The van der Waals surface area contributed by atoms with E-state index < -0.39 is 23.0 Å². The molecule has 258 valence electrons. The van der Waals surface area contributed by atoms with Gasteiger partial charge in [0.25, 0.3) is 11.6 Å². The highest BCUT2D eigenvalue weighted by Gasteiger charge is 2.40. The molecule has 0 saturated heterocycles. The number of hydrazine groups is 2. The fraction of sp³-hybridized carbons (Fsp3) is 0.212. The van der Waals surface area contributed by atoms with E-state index >= 15 is 0 Å². The lowest BCUT2D eigenvalue weighted by atomic mass is 10.0.